The fraction of sp³-hybridized carbons (Fsp3) is 0.304. The zero-order valence-corrected chi connectivity index (χ0v) is 17.6. The van der Waals surface area contributed by atoms with Gasteiger partial charge in [-0.3, -0.25) is 4.79 Å². The summed E-state index contributed by atoms with van der Waals surface area (Å²) in [5.41, 5.74) is 0.568. The number of benzene rings is 2. The lowest BCUT2D eigenvalue weighted by Crippen LogP contribution is -2.37. The van der Waals surface area contributed by atoms with Crippen LogP contribution in [0, 0.1) is 0 Å². The van der Waals surface area contributed by atoms with E-state index in [4.69, 9.17) is 4.74 Å². The minimum Gasteiger partial charge on any atom is -0.497 e. The summed E-state index contributed by atoms with van der Waals surface area (Å²) >= 11 is 0. The van der Waals surface area contributed by atoms with Gasteiger partial charge in [0.1, 0.15) is 11.6 Å². The molecule has 2 aromatic carbocycles. The Balaban J connectivity index is 1.76. The van der Waals surface area contributed by atoms with Crippen LogP contribution < -0.4 is 4.74 Å². The highest BCUT2D eigenvalue weighted by Gasteiger charge is 2.30. The zero-order valence-electron chi connectivity index (χ0n) is 17.6. The van der Waals surface area contributed by atoms with E-state index in [2.05, 4.69) is 4.98 Å². The fourth-order valence-electron chi connectivity index (χ4n) is 3.17. The molecule has 0 aliphatic heterocycles. The molecule has 164 valence electrons. The number of aromatic nitrogens is 2. The van der Waals surface area contributed by atoms with Crippen LogP contribution in [0.3, 0.4) is 0 Å². The van der Waals surface area contributed by atoms with Crippen molar-refractivity contribution in [2.24, 2.45) is 0 Å². The predicted octanol–water partition coefficient (Wildman–Crippen LogP) is 5.01. The number of hydrogen-bond donors (Lipinski definition) is 0. The summed E-state index contributed by atoms with van der Waals surface area (Å²) in [6.45, 7) is 4.47. The van der Waals surface area contributed by atoms with Crippen molar-refractivity contribution in [2.75, 3.05) is 7.11 Å². The summed E-state index contributed by atoms with van der Waals surface area (Å²) in [7, 11) is 1.56. The van der Waals surface area contributed by atoms with Crippen LogP contribution in [0.5, 0.6) is 5.75 Å². The van der Waals surface area contributed by atoms with Gasteiger partial charge >= 0.3 is 6.18 Å². The summed E-state index contributed by atoms with van der Waals surface area (Å²) in [5, 5.41) is 0. The van der Waals surface area contributed by atoms with Crippen molar-refractivity contribution in [3.63, 3.8) is 0 Å². The van der Waals surface area contributed by atoms with Gasteiger partial charge in [0.05, 0.1) is 19.2 Å². The molecule has 0 aliphatic rings. The average molecular weight is 431 g/mol. The molecular weight excluding hydrogens is 407 g/mol. The minimum atomic E-state index is -4.36. The predicted molar refractivity (Wildman–Crippen MR) is 111 cm³/mol. The number of rotatable bonds is 7. The van der Waals surface area contributed by atoms with E-state index in [0.29, 0.717) is 29.2 Å². The molecule has 0 atom stereocenters. The third-order valence-electron chi connectivity index (χ3n) is 4.97. The highest BCUT2D eigenvalue weighted by molar-refractivity contribution is 5.94. The Bertz CT molecular complexity index is 1010. The molecule has 0 unspecified atom stereocenters. The van der Waals surface area contributed by atoms with E-state index >= 15 is 0 Å². The van der Waals surface area contributed by atoms with Crippen molar-refractivity contribution in [1.82, 2.24) is 14.5 Å². The molecule has 0 N–H and O–H groups in total. The largest absolute Gasteiger partial charge is 0.497 e. The van der Waals surface area contributed by atoms with Gasteiger partial charge in [0, 0.05) is 30.5 Å². The van der Waals surface area contributed by atoms with Crippen LogP contribution in [0.1, 0.15) is 41.2 Å². The molecule has 0 aliphatic carbocycles. The molecule has 0 saturated heterocycles. The lowest BCUT2D eigenvalue weighted by atomic mass is 10.1. The first kappa shape index (κ1) is 22.4. The Morgan fingerprint density at radius 2 is 1.74 bits per heavy atom. The summed E-state index contributed by atoms with van der Waals surface area (Å²) < 4.78 is 45.3. The first-order chi connectivity index (χ1) is 14.7. The maximum absolute atomic E-state index is 13.1. The molecule has 1 heterocycles. The van der Waals surface area contributed by atoms with Crippen LogP contribution in [-0.2, 0) is 19.3 Å². The molecule has 8 heteroatoms. The van der Waals surface area contributed by atoms with E-state index in [0.717, 1.165) is 12.1 Å². The minimum absolute atomic E-state index is 0.0779. The Morgan fingerprint density at radius 3 is 2.29 bits per heavy atom. The molecule has 5 nitrogen and oxygen atoms in total. The maximum atomic E-state index is 13.1. The molecule has 0 fully saturated rings. The lowest BCUT2D eigenvalue weighted by Gasteiger charge is -2.27. The average Bonchev–Trinajstić information content (AvgIpc) is 3.17. The standard InChI is InChI=1S/C23H24F3N3O2/c1-16(2)29(22(30)18-6-10-20(31-3)11-7-18)15-21-27-12-13-28(21)14-17-4-8-19(9-5-17)23(24,25)26/h4-13,16H,14-15H2,1-3H3. The molecule has 31 heavy (non-hydrogen) atoms. The number of methoxy groups -OCH3 is 1. The second-order valence-electron chi connectivity index (χ2n) is 7.42. The van der Waals surface area contributed by atoms with Crippen LogP contribution >= 0.6 is 0 Å². The SMILES string of the molecule is COc1ccc(C(=O)N(Cc2nccn2Cc2ccc(C(F)(F)F)cc2)C(C)C)cc1. The molecule has 1 amide bonds. The Kier molecular flexibility index (Phi) is 6.68. The molecule has 0 radical (unpaired) electrons. The summed E-state index contributed by atoms with van der Waals surface area (Å²) in [5.74, 6) is 1.18. The van der Waals surface area contributed by atoms with Crippen LogP contribution in [0.2, 0.25) is 0 Å². The van der Waals surface area contributed by atoms with Gasteiger partial charge < -0.3 is 14.2 Å². The van der Waals surface area contributed by atoms with Crippen LogP contribution in [0.25, 0.3) is 0 Å². The van der Waals surface area contributed by atoms with Gasteiger partial charge in [0.25, 0.3) is 5.91 Å². The topological polar surface area (TPSA) is 47.4 Å². The van der Waals surface area contributed by atoms with Gasteiger partial charge in [-0.05, 0) is 55.8 Å². The van der Waals surface area contributed by atoms with E-state index < -0.39 is 11.7 Å². The van der Waals surface area contributed by atoms with Crippen molar-refractivity contribution >= 4 is 5.91 Å². The highest BCUT2D eigenvalue weighted by atomic mass is 19.4. The third kappa shape index (κ3) is 5.45. The summed E-state index contributed by atoms with van der Waals surface area (Å²) in [6, 6.07) is 11.9. The van der Waals surface area contributed by atoms with Crippen LogP contribution in [-0.4, -0.2) is 33.5 Å². The lowest BCUT2D eigenvalue weighted by molar-refractivity contribution is -0.137. The molecule has 3 aromatic rings. The van der Waals surface area contributed by atoms with Crippen LogP contribution in [0.15, 0.2) is 60.9 Å². The second kappa shape index (κ2) is 9.24. The number of carbonyl (C=O) groups is 1. The van der Waals surface area contributed by atoms with Gasteiger partial charge in [-0.2, -0.15) is 13.2 Å². The number of alkyl halides is 3. The van der Waals surface area contributed by atoms with E-state index in [1.54, 1.807) is 48.7 Å². The monoisotopic (exact) mass is 431 g/mol. The number of ether oxygens (including phenoxy) is 1. The van der Waals surface area contributed by atoms with Crippen molar-refractivity contribution < 1.29 is 22.7 Å². The fourth-order valence-corrected chi connectivity index (χ4v) is 3.17. The van der Waals surface area contributed by atoms with E-state index in [-0.39, 0.29) is 18.5 Å². The van der Waals surface area contributed by atoms with Crippen molar-refractivity contribution in [3.05, 3.63) is 83.4 Å². The Morgan fingerprint density at radius 1 is 1.10 bits per heavy atom. The Labute approximate surface area is 179 Å². The molecule has 3 rings (SSSR count). The smallest absolute Gasteiger partial charge is 0.416 e. The van der Waals surface area contributed by atoms with E-state index in [1.807, 2.05) is 18.4 Å². The summed E-state index contributed by atoms with van der Waals surface area (Å²) in [4.78, 5) is 19.1. The first-order valence-electron chi connectivity index (χ1n) is 9.80. The molecule has 0 spiro atoms. The zero-order chi connectivity index (χ0) is 22.6. The van der Waals surface area contributed by atoms with Crippen LogP contribution in [0.4, 0.5) is 13.2 Å². The highest BCUT2D eigenvalue weighted by Crippen LogP contribution is 2.29. The quantitative estimate of drug-likeness (QED) is 0.528. The van der Waals surface area contributed by atoms with Gasteiger partial charge in [-0.25, -0.2) is 4.98 Å². The van der Waals surface area contributed by atoms with Crippen molar-refractivity contribution in [3.8, 4) is 5.75 Å². The van der Waals surface area contributed by atoms with Crippen molar-refractivity contribution in [2.45, 2.75) is 39.2 Å². The number of nitrogens with zero attached hydrogens (tertiary/aromatic N) is 3. The second-order valence-corrected chi connectivity index (χ2v) is 7.42. The number of halogens is 3. The maximum Gasteiger partial charge on any atom is 0.416 e. The van der Waals surface area contributed by atoms with E-state index in [1.165, 1.54) is 12.1 Å². The van der Waals surface area contributed by atoms with Gasteiger partial charge in [0.15, 0.2) is 0 Å². The number of carbonyl (C=O) groups excluding carboxylic acids is 1. The third-order valence-corrected chi connectivity index (χ3v) is 4.97. The first-order valence-corrected chi connectivity index (χ1v) is 9.80. The van der Waals surface area contributed by atoms with Gasteiger partial charge in [0.2, 0.25) is 0 Å². The van der Waals surface area contributed by atoms with E-state index in [9.17, 15) is 18.0 Å². The number of hydrogen-bond acceptors (Lipinski definition) is 3. The van der Waals surface area contributed by atoms with Gasteiger partial charge in [-0.1, -0.05) is 12.1 Å². The number of amides is 1. The Hall–Kier alpha value is -3.29. The summed E-state index contributed by atoms with van der Waals surface area (Å²) in [6.07, 6.45) is -0.989. The molecule has 1 aromatic heterocycles. The van der Waals surface area contributed by atoms with Crippen molar-refractivity contribution in [1.29, 1.82) is 0 Å². The molecule has 0 bridgehead atoms. The molecule has 0 saturated carbocycles. The molecular formula is C23H24F3N3O2. The normalized spacial score (nSPS) is 11.6. The number of imidazole rings is 1. The van der Waals surface area contributed by atoms with Gasteiger partial charge in [-0.15, -0.1) is 0 Å².